The Morgan fingerprint density at radius 3 is 3.00 bits per heavy atom. The summed E-state index contributed by atoms with van der Waals surface area (Å²) < 4.78 is 5.59. The number of nitrogens with two attached hydrogens (primary N) is 1. The number of hydrazine groups is 1. The molecule has 1 amide bonds. The molecule has 0 aliphatic heterocycles. The van der Waals surface area contributed by atoms with Gasteiger partial charge in [0.15, 0.2) is 0 Å². The number of carbonyl (C=O) groups excluding carboxylic acids is 1. The summed E-state index contributed by atoms with van der Waals surface area (Å²) in [4.78, 5) is 15.0. The average Bonchev–Trinajstić information content (AvgIpc) is 3.05. The molecule has 0 aliphatic rings. The van der Waals surface area contributed by atoms with Gasteiger partial charge in [0.1, 0.15) is 11.5 Å². The highest BCUT2D eigenvalue weighted by Crippen LogP contribution is 2.16. The van der Waals surface area contributed by atoms with Crippen molar-refractivity contribution >= 4 is 17.2 Å². The van der Waals surface area contributed by atoms with Crippen LogP contribution in [-0.2, 0) is 13.0 Å². The molecule has 0 radical (unpaired) electrons. The van der Waals surface area contributed by atoms with Gasteiger partial charge < -0.3 is 4.42 Å². The number of nitrogens with zero attached hydrogens (tertiary/aromatic N) is 1. The first-order valence-corrected chi connectivity index (χ1v) is 7.29. The summed E-state index contributed by atoms with van der Waals surface area (Å²) in [6.45, 7) is 3.38. The Morgan fingerprint density at radius 2 is 2.35 bits per heavy atom. The molecule has 0 saturated carbocycles. The molecule has 20 heavy (non-hydrogen) atoms. The molecule has 2 aromatic rings. The van der Waals surface area contributed by atoms with Crippen LogP contribution in [0.3, 0.4) is 0 Å². The smallest absolute Gasteiger partial charge is 0.268 e. The van der Waals surface area contributed by atoms with Crippen molar-refractivity contribution in [1.82, 2.24) is 10.3 Å². The van der Waals surface area contributed by atoms with Crippen LogP contribution in [0.25, 0.3) is 0 Å². The fraction of sp³-hybridized carbons (Fsp3) is 0.357. The molecule has 0 unspecified atom stereocenters. The summed E-state index contributed by atoms with van der Waals surface area (Å²) in [6.07, 6.45) is 1.02. The van der Waals surface area contributed by atoms with Crippen molar-refractivity contribution in [2.24, 2.45) is 5.84 Å². The van der Waals surface area contributed by atoms with Crippen molar-refractivity contribution in [3.05, 3.63) is 45.5 Å². The first kappa shape index (κ1) is 14.8. The molecule has 3 N–H and O–H groups in total. The second kappa shape index (κ2) is 6.69. The summed E-state index contributed by atoms with van der Waals surface area (Å²) >= 11 is 1.77. The number of nitrogens with one attached hydrogen (secondary N) is 1. The van der Waals surface area contributed by atoms with Crippen molar-refractivity contribution in [2.75, 3.05) is 13.6 Å². The number of likely N-dealkylation sites (N-methyl/N-ethyl adjacent to an activating group) is 1. The van der Waals surface area contributed by atoms with Gasteiger partial charge in [0.25, 0.3) is 5.91 Å². The summed E-state index contributed by atoms with van der Waals surface area (Å²) in [7, 11) is 2.04. The van der Waals surface area contributed by atoms with Crippen LogP contribution >= 0.6 is 11.3 Å². The van der Waals surface area contributed by atoms with Crippen LogP contribution in [0, 0.1) is 6.92 Å². The minimum absolute atomic E-state index is 0.321. The minimum atomic E-state index is -0.321. The molecule has 0 aromatic carbocycles. The van der Waals surface area contributed by atoms with E-state index >= 15 is 0 Å². The third-order valence-corrected chi connectivity index (χ3v) is 4.03. The normalized spacial score (nSPS) is 11.0. The van der Waals surface area contributed by atoms with Crippen LogP contribution in [0.1, 0.15) is 26.8 Å². The zero-order valence-electron chi connectivity index (χ0n) is 11.7. The minimum Gasteiger partial charge on any atom is -0.464 e. The van der Waals surface area contributed by atoms with Gasteiger partial charge in [0.05, 0.1) is 12.1 Å². The number of furan rings is 1. The summed E-state index contributed by atoms with van der Waals surface area (Å²) in [6, 6.07) is 5.95. The van der Waals surface area contributed by atoms with Gasteiger partial charge in [-0.15, -0.1) is 11.3 Å². The monoisotopic (exact) mass is 293 g/mol. The number of thiophene rings is 1. The molecular formula is C14H19N3O2S. The van der Waals surface area contributed by atoms with Gasteiger partial charge in [-0.1, -0.05) is 6.07 Å². The van der Waals surface area contributed by atoms with E-state index in [1.54, 1.807) is 24.3 Å². The molecule has 0 aliphatic carbocycles. The Morgan fingerprint density at radius 1 is 1.55 bits per heavy atom. The second-order valence-corrected chi connectivity index (χ2v) is 5.76. The van der Waals surface area contributed by atoms with Crippen LogP contribution < -0.4 is 11.3 Å². The van der Waals surface area contributed by atoms with E-state index in [1.165, 1.54) is 4.88 Å². The first-order valence-electron chi connectivity index (χ1n) is 6.41. The van der Waals surface area contributed by atoms with Gasteiger partial charge in [-0.3, -0.25) is 15.1 Å². The van der Waals surface area contributed by atoms with Crippen LogP contribution in [0.5, 0.6) is 0 Å². The number of rotatable bonds is 6. The number of hydrogen-bond acceptors (Lipinski definition) is 5. The lowest BCUT2D eigenvalue weighted by atomic mass is 10.2. The van der Waals surface area contributed by atoms with E-state index in [4.69, 9.17) is 10.3 Å². The Bertz CT molecular complexity index is 563. The number of carbonyl (C=O) groups is 1. The molecule has 0 saturated heterocycles. The molecule has 108 valence electrons. The molecular weight excluding hydrogens is 274 g/mol. The van der Waals surface area contributed by atoms with E-state index in [2.05, 4.69) is 27.8 Å². The first-order chi connectivity index (χ1) is 9.60. The standard InChI is InChI=1S/C14H19N3O2S/c1-10-13(14(18)16-15)8-11(19-10)9-17(2)6-5-12-4-3-7-20-12/h3-4,7-8H,5-6,9,15H2,1-2H3,(H,16,18). The zero-order chi connectivity index (χ0) is 14.5. The molecule has 2 aromatic heterocycles. The maximum Gasteiger partial charge on any atom is 0.268 e. The number of aryl methyl sites for hydroxylation is 1. The topological polar surface area (TPSA) is 71.5 Å². The highest BCUT2D eigenvalue weighted by Gasteiger charge is 2.14. The molecule has 6 heteroatoms. The predicted molar refractivity (Wildman–Crippen MR) is 79.5 cm³/mol. The third kappa shape index (κ3) is 3.69. The molecule has 0 spiro atoms. The van der Waals surface area contributed by atoms with Gasteiger partial charge >= 0.3 is 0 Å². The lowest BCUT2D eigenvalue weighted by Gasteiger charge is -2.14. The summed E-state index contributed by atoms with van der Waals surface area (Å²) in [5.41, 5.74) is 2.62. The Kier molecular flexibility index (Phi) is 4.94. The fourth-order valence-electron chi connectivity index (χ4n) is 2.03. The Labute approximate surface area is 122 Å². The third-order valence-electron chi connectivity index (χ3n) is 3.09. The van der Waals surface area contributed by atoms with E-state index in [-0.39, 0.29) is 5.91 Å². The highest BCUT2D eigenvalue weighted by molar-refractivity contribution is 7.09. The van der Waals surface area contributed by atoms with Crippen molar-refractivity contribution in [1.29, 1.82) is 0 Å². The van der Waals surface area contributed by atoms with E-state index < -0.39 is 0 Å². The highest BCUT2D eigenvalue weighted by atomic mass is 32.1. The lowest BCUT2D eigenvalue weighted by molar-refractivity contribution is 0.0952. The average molecular weight is 293 g/mol. The van der Waals surface area contributed by atoms with Gasteiger partial charge in [-0.2, -0.15) is 0 Å². The van der Waals surface area contributed by atoms with Crippen LogP contribution in [0.2, 0.25) is 0 Å². The molecule has 0 atom stereocenters. The summed E-state index contributed by atoms with van der Waals surface area (Å²) in [5.74, 6) is 6.18. The van der Waals surface area contributed by atoms with Gasteiger partial charge in [0, 0.05) is 11.4 Å². The van der Waals surface area contributed by atoms with Crippen LogP contribution in [0.15, 0.2) is 28.0 Å². The summed E-state index contributed by atoms with van der Waals surface area (Å²) in [5, 5.41) is 2.09. The molecule has 0 bridgehead atoms. The fourth-order valence-corrected chi connectivity index (χ4v) is 2.72. The number of amides is 1. The number of hydrogen-bond donors (Lipinski definition) is 2. The largest absolute Gasteiger partial charge is 0.464 e. The predicted octanol–water partition coefficient (Wildman–Crippen LogP) is 1.93. The second-order valence-electron chi connectivity index (χ2n) is 4.72. The quantitative estimate of drug-likeness (QED) is 0.485. The van der Waals surface area contributed by atoms with Gasteiger partial charge in [-0.05, 0) is 37.9 Å². The van der Waals surface area contributed by atoms with E-state index in [9.17, 15) is 4.79 Å². The van der Waals surface area contributed by atoms with E-state index in [1.807, 2.05) is 7.05 Å². The van der Waals surface area contributed by atoms with E-state index in [0.717, 1.165) is 18.7 Å². The van der Waals surface area contributed by atoms with Crippen molar-refractivity contribution in [2.45, 2.75) is 19.9 Å². The van der Waals surface area contributed by atoms with Gasteiger partial charge in [-0.25, -0.2) is 5.84 Å². The number of nitrogen functional groups attached to an aromatic ring is 1. The SMILES string of the molecule is Cc1oc(CN(C)CCc2cccs2)cc1C(=O)NN. The van der Waals surface area contributed by atoms with Crippen LogP contribution in [0.4, 0.5) is 0 Å². The molecule has 2 rings (SSSR count). The molecule has 0 fully saturated rings. The van der Waals surface area contributed by atoms with Crippen molar-refractivity contribution < 1.29 is 9.21 Å². The van der Waals surface area contributed by atoms with E-state index in [0.29, 0.717) is 17.9 Å². The van der Waals surface area contributed by atoms with Crippen LogP contribution in [-0.4, -0.2) is 24.4 Å². The maximum absolute atomic E-state index is 11.5. The van der Waals surface area contributed by atoms with Crippen molar-refractivity contribution in [3.8, 4) is 0 Å². The molecule has 5 nitrogen and oxygen atoms in total. The van der Waals surface area contributed by atoms with Gasteiger partial charge in [0.2, 0.25) is 0 Å². The Balaban J connectivity index is 1.91. The Hall–Kier alpha value is -1.63. The molecule has 2 heterocycles. The maximum atomic E-state index is 11.5. The lowest BCUT2D eigenvalue weighted by Crippen LogP contribution is -2.30. The van der Waals surface area contributed by atoms with Crippen molar-refractivity contribution in [3.63, 3.8) is 0 Å². The zero-order valence-corrected chi connectivity index (χ0v) is 12.5.